The zero-order chi connectivity index (χ0) is 19.7. The number of halogens is 1. The van der Waals surface area contributed by atoms with Crippen LogP contribution in [0.4, 0.5) is 5.95 Å². The van der Waals surface area contributed by atoms with Gasteiger partial charge in [0.1, 0.15) is 0 Å². The van der Waals surface area contributed by atoms with Gasteiger partial charge in [-0.1, -0.05) is 0 Å². The Kier molecular flexibility index (Phi) is 6.50. The van der Waals surface area contributed by atoms with Crippen molar-refractivity contribution in [3.63, 3.8) is 0 Å². The van der Waals surface area contributed by atoms with Crippen molar-refractivity contribution >= 4 is 34.3 Å². The lowest BCUT2D eigenvalue weighted by molar-refractivity contribution is 0.0746. The molecule has 0 atom stereocenters. The van der Waals surface area contributed by atoms with Crippen LogP contribution in [0.3, 0.4) is 0 Å². The lowest BCUT2D eigenvalue weighted by Gasteiger charge is -2.35. The number of sulfonamides is 1. The van der Waals surface area contributed by atoms with Gasteiger partial charge in [0.05, 0.1) is 4.90 Å². The molecule has 0 aliphatic carbocycles. The molecule has 1 aromatic carbocycles. The van der Waals surface area contributed by atoms with Crippen LogP contribution in [0.2, 0.25) is 0 Å². The summed E-state index contributed by atoms with van der Waals surface area (Å²) in [4.78, 5) is 21.4. The monoisotopic (exact) mass is 439 g/mol. The minimum Gasteiger partial charge on any atom is -0.339 e. The van der Waals surface area contributed by atoms with Gasteiger partial charge < -0.3 is 14.4 Å². The summed E-state index contributed by atoms with van der Waals surface area (Å²) >= 11 is 0. The fourth-order valence-corrected chi connectivity index (χ4v) is 5.32. The Morgan fingerprint density at radius 3 is 2.14 bits per heavy atom. The van der Waals surface area contributed by atoms with Crippen LogP contribution in [0.25, 0.3) is 0 Å². The molecule has 2 fully saturated rings. The van der Waals surface area contributed by atoms with Crippen LogP contribution in [-0.2, 0) is 17.1 Å². The Morgan fingerprint density at radius 1 is 0.966 bits per heavy atom. The van der Waals surface area contributed by atoms with Crippen molar-refractivity contribution in [1.82, 2.24) is 18.8 Å². The molecule has 0 bridgehead atoms. The van der Waals surface area contributed by atoms with Gasteiger partial charge in [0.2, 0.25) is 16.0 Å². The van der Waals surface area contributed by atoms with Gasteiger partial charge in [-0.15, -0.1) is 12.4 Å². The number of anilines is 1. The lowest BCUT2D eigenvalue weighted by Crippen LogP contribution is -2.49. The number of rotatable bonds is 4. The van der Waals surface area contributed by atoms with E-state index in [1.54, 1.807) is 30.5 Å². The van der Waals surface area contributed by atoms with E-state index < -0.39 is 10.0 Å². The molecule has 0 spiro atoms. The summed E-state index contributed by atoms with van der Waals surface area (Å²) in [5.74, 6) is 0.841. The van der Waals surface area contributed by atoms with Gasteiger partial charge in [0.25, 0.3) is 5.91 Å². The number of piperazine rings is 1. The number of carbonyl (C=O) groups is 1. The Hall–Kier alpha value is -2.10. The summed E-state index contributed by atoms with van der Waals surface area (Å²) in [6, 6.07) is 6.34. The highest BCUT2D eigenvalue weighted by Crippen LogP contribution is 2.22. The van der Waals surface area contributed by atoms with Gasteiger partial charge in [-0.25, -0.2) is 13.4 Å². The van der Waals surface area contributed by atoms with E-state index in [4.69, 9.17) is 0 Å². The maximum Gasteiger partial charge on any atom is 0.253 e. The number of nitrogens with zero attached hydrogens (tertiary/aromatic N) is 5. The molecule has 1 amide bonds. The fourth-order valence-electron chi connectivity index (χ4n) is 3.80. The first kappa shape index (κ1) is 21.6. The largest absolute Gasteiger partial charge is 0.339 e. The topological polar surface area (TPSA) is 78.8 Å². The third kappa shape index (κ3) is 4.26. The Balaban J connectivity index is 0.00000240. The van der Waals surface area contributed by atoms with Crippen molar-refractivity contribution in [2.45, 2.75) is 17.7 Å². The average Bonchev–Trinajstić information content (AvgIpc) is 3.40. The number of imidazole rings is 1. The molecule has 2 aliphatic rings. The number of aromatic nitrogens is 2. The quantitative estimate of drug-likeness (QED) is 0.722. The highest BCUT2D eigenvalue weighted by atomic mass is 35.5. The molecule has 0 N–H and O–H groups in total. The molecule has 2 aliphatic heterocycles. The second-order valence-electron chi connectivity index (χ2n) is 7.25. The van der Waals surface area contributed by atoms with Crippen molar-refractivity contribution in [3.05, 3.63) is 42.2 Å². The molecule has 0 saturated carbocycles. The van der Waals surface area contributed by atoms with Crippen molar-refractivity contribution < 1.29 is 13.2 Å². The predicted molar refractivity (Wildman–Crippen MR) is 113 cm³/mol. The second-order valence-corrected chi connectivity index (χ2v) is 9.19. The Morgan fingerprint density at radius 2 is 1.59 bits per heavy atom. The molecule has 4 rings (SSSR count). The van der Waals surface area contributed by atoms with E-state index >= 15 is 0 Å². The van der Waals surface area contributed by atoms with Gasteiger partial charge in [-0.3, -0.25) is 4.79 Å². The Labute approximate surface area is 177 Å². The summed E-state index contributed by atoms with van der Waals surface area (Å²) in [7, 11) is -1.49. The summed E-state index contributed by atoms with van der Waals surface area (Å²) < 4.78 is 28.7. The normalized spacial score (nSPS) is 18.0. The predicted octanol–water partition coefficient (Wildman–Crippen LogP) is 1.59. The highest BCUT2D eigenvalue weighted by Gasteiger charge is 2.28. The number of hydrogen-bond donors (Lipinski definition) is 0. The van der Waals surface area contributed by atoms with Crippen LogP contribution in [0, 0.1) is 0 Å². The smallest absolute Gasteiger partial charge is 0.253 e. The molecular weight excluding hydrogens is 414 g/mol. The van der Waals surface area contributed by atoms with Crippen molar-refractivity contribution in [2.24, 2.45) is 7.05 Å². The first-order chi connectivity index (χ1) is 13.5. The van der Waals surface area contributed by atoms with Crippen LogP contribution < -0.4 is 4.90 Å². The van der Waals surface area contributed by atoms with Gasteiger partial charge in [-0.2, -0.15) is 4.31 Å². The summed E-state index contributed by atoms with van der Waals surface area (Å²) in [6.07, 6.45) is 5.48. The van der Waals surface area contributed by atoms with Crippen molar-refractivity contribution in [2.75, 3.05) is 44.2 Å². The van der Waals surface area contributed by atoms with Crippen LogP contribution in [0.1, 0.15) is 23.2 Å². The Bertz CT molecular complexity index is 946. The van der Waals surface area contributed by atoms with E-state index in [1.807, 2.05) is 22.7 Å². The minimum absolute atomic E-state index is 0. The molecule has 0 unspecified atom stereocenters. The molecule has 29 heavy (non-hydrogen) atoms. The number of aryl methyl sites for hydroxylation is 1. The van der Waals surface area contributed by atoms with Gasteiger partial charge in [0, 0.05) is 64.3 Å². The van der Waals surface area contributed by atoms with Crippen LogP contribution in [0.5, 0.6) is 0 Å². The van der Waals surface area contributed by atoms with Crippen LogP contribution in [0.15, 0.2) is 41.6 Å². The van der Waals surface area contributed by atoms with Gasteiger partial charge in [-0.05, 0) is 37.1 Å². The first-order valence-corrected chi connectivity index (χ1v) is 11.0. The van der Waals surface area contributed by atoms with E-state index in [-0.39, 0.29) is 23.2 Å². The molecule has 8 nitrogen and oxygen atoms in total. The standard InChI is InChI=1S/C19H25N5O3S.ClH/c1-21-11-8-20-19(21)23-14-12-22(13-15-23)18(25)16-4-6-17(7-5-16)28(26,27)24-9-2-3-10-24;/h4-8,11H,2-3,9-10,12-15H2,1H3;1H. The maximum absolute atomic E-state index is 12.8. The van der Waals surface area contributed by atoms with E-state index in [2.05, 4.69) is 9.88 Å². The SMILES string of the molecule is Cl.Cn1ccnc1N1CCN(C(=O)c2ccc(S(=O)(=O)N3CCCC3)cc2)CC1. The maximum atomic E-state index is 12.8. The fraction of sp³-hybridized carbons (Fsp3) is 0.474. The van der Waals surface area contributed by atoms with Gasteiger partial charge >= 0.3 is 0 Å². The molecule has 10 heteroatoms. The van der Waals surface area contributed by atoms with E-state index in [0.29, 0.717) is 31.7 Å². The molecular formula is C19H26ClN5O3S. The zero-order valence-corrected chi connectivity index (χ0v) is 18.0. The summed E-state index contributed by atoms with van der Waals surface area (Å²) in [6.45, 7) is 3.81. The number of carbonyl (C=O) groups excluding carboxylic acids is 1. The third-order valence-electron chi connectivity index (χ3n) is 5.45. The highest BCUT2D eigenvalue weighted by molar-refractivity contribution is 7.89. The van der Waals surface area contributed by atoms with E-state index in [9.17, 15) is 13.2 Å². The number of amides is 1. The molecule has 158 valence electrons. The number of benzene rings is 1. The van der Waals surface area contributed by atoms with Gasteiger partial charge in [0.15, 0.2) is 0 Å². The van der Waals surface area contributed by atoms with E-state index in [0.717, 1.165) is 31.9 Å². The van der Waals surface area contributed by atoms with Crippen molar-refractivity contribution in [1.29, 1.82) is 0 Å². The van der Waals surface area contributed by atoms with Crippen LogP contribution >= 0.6 is 12.4 Å². The second kappa shape index (κ2) is 8.73. The van der Waals surface area contributed by atoms with Crippen LogP contribution in [-0.4, -0.2) is 72.3 Å². The summed E-state index contributed by atoms with van der Waals surface area (Å²) in [5.41, 5.74) is 0.519. The third-order valence-corrected chi connectivity index (χ3v) is 7.36. The lowest BCUT2D eigenvalue weighted by atomic mass is 10.2. The first-order valence-electron chi connectivity index (χ1n) is 9.58. The van der Waals surface area contributed by atoms with E-state index in [1.165, 1.54) is 4.31 Å². The zero-order valence-electron chi connectivity index (χ0n) is 16.4. The molecule has 0 radical (unpaired) electrons. The average molecular weight is 440 g/mol. The molecule has 3 heterocycles. The minimum atomic E-state index is -3.45. The number of hydrogen-bond acceptors (Lipinski definition) is 5. The molecule has 2 saturated heterocycles. The van der Waals surface area contributed by atoms with Crippen molar-refractivity contribution in [3.8, 4) is 0 Å². The molecule has 2 aromatic rings. The summed E-state index contributed by atoms with van der Waals surface area (Å²) in [5, 5.41) is 0. The molecule has 1 aromatic heterocycles.